The van der Waals surface area contributed by atoms with Crippen LogP contribution in [-0.4, -0.2) is 40.3 Å². The summed E-state index contributed by atoms with van der Waals surface area (Å²) in [5.74, 6) is -0.394. The summed E-state index contributed by atoms with van der Waals surface area (Å²) in [6.07, 6.45) is 0.174. The Hall–Kier alpha value is -1.26. The monoisotopic (exact) mass is 243 g/mol. The van der Waals surface area contributed by atoms with Gasteiger partial charge in [-0.25, -0.2) is 4.79 Å². The van der Waals surface area contributed by atoms with E-state index in [2.05, 4.69) is 0 Å². The predicted octanol–water partition coefficient (Wildman–Crippen LogP) is 2.11. The molecule has 0 spiro atoms. The lowest BCUT2D eigenvalue weighted by atomic mass is 9.92. The van der Waals surface area contributed by atoms with Gasteiger partial charge in [-0.3, -0.25) is 4.79 Å². The molecule has 1 heterocycles. The van der Waals surface area contributed by atoms with Crippen molar-refractivity contribution in [2.45, 2.75) is 52.2 Å². The van der Waals surface area contributed by atoms with Crippen LogP contribution in [0.3, 0.4) is 0 Å². The number of hydrogen-bond acceptors (Lipinski definition) is 3. The van der Waals surface area contributed by atoms with Crippen molar-refractivity contribution in [3.05, 3.63) is 0 Å². The van der Waals surface area contributed by atoms with Gasteiger partial charge in [-0.15, -0.1) is 0 Å². The van der Waals surface area contributed by atoms with Crippen molar-refractivity contribution in [3.8, 4) is 0 Å². The van der Waals surface area contributed by atoms with E-state index in [1.807, 2.05) is 27.7 Å². The van der Waals surface area contributed by atoms with Gasteiger partial charge < -0.3 is 14.7 Å². The Balaban J connectivity index is 2.55. The zero-order valence-corrected chi connectivity index (χ0v) is 10.9. The highest BCUT2D eigenvalue weighted by Crippen LogP contribution is 2.25. The van der Waals surface area contributed by atoms with E-state index in [0.29, 0.717) is 19.4 Å². The van der Waals surface area contributed by atoms with E-state index in [9.17, 15) is 9.59 Å². The molecule has 1 rings (SSSR count). The Kier molecular flexibility index (Phi) is 4.01. The maximum atomic E-state index is 11.8. The molecule has 5 nitrogen and oxygen atoms in total. The molecule has 1 amide bonds. The summed E-state index contributed by atoms with van der Waals surface area (Å²) < 4.78 is 5.32. The van der Waals surface area contributed by atoms with E-state index >= 15 is 0 Å². The van der Waals surface area contributed by atoms with Crippen LogP contribution < -0.4 is 0 Å². The van der Waals surface area contributed by atoms with E-state index < -0.39 is 11.7 Å². The molecule has 2 unspecified atom stereocenters. The van der Waals surface area contributed by atoms with Crippen LogP contribution in [0.2, 0.25) is 0 Å². The summed E-state index contributed by atoms with van der Waals surface area (Å²) in [7, 11) is 0. The number of piperidine rings is 1. The Morgan fingerprint density at radius 3 is 2.35 bits per heavy atom. The second-order valence-electron chi connectivity index (χ2n) is 5.58. The van der Waals surface area contributed by atoms with Crippen LogP contribution in [0.1, 0.15) is 40.5 Å². The molecule has 0 aromatic carbocycles. The topological polar surface area (TPSA) is 66.8 Å². The van der Waals surface area contributed by atoms with Gasteiger partial charge in [0.05, 0.1) is 5.92 Å². The number of hydrogen-bond donors (Lipinski definition) is 1. The molecule has 0 radical (unpaired) electrons. The number of carboxylic acid groups (broad SMARTS) is 1. The summed E-state index contributed by atoms with van der Waals surface area (Å²) in [5.41, 5.74) is -0.482. The van der Waals surface area contributed by atoms with Gasteiger partial charge in [0.25, 0.3) is 0 Å². The summed E-state index contributed by atoms with van der Waals surface area (Å²) >= 11 is 0. The zero-order chi connectivity index (χ0) is 13.2. The molecule has 0 saturated carbocycles. The van der Waals surface area contributed by atoms with Gasteiger partial charge in [0, 0.05) is 12.6 Å². The Labute approximate surface area is 102 Å². The molecule has 1 aliphatic heterocycles. The van der Waals surface area contributed by atoms with Gasteiger partial charge >= 0.3 is 12.1 Å². The Bertz CT molecular complexity index is 308. The first-order chi connectivity index (χ1) is 7.70. The summed E-state index contributed by atoms with van der Waals surface area (Å²) in [6, 6.07) is -0.126. The quantitative estimate of drug-likeness (QED) is 0.716. The number of carbonyl (C=O) groups excluding carboxylic acids is 1. The standard InChI is InChI=1S/C12H21NO4/c1-8-7-9(5-6-13(8)11(15)16)10(14)17-12(2,3)4/h8-9H,5-7H2,1-4H3,(H,15,16). The molecule has 17 heavy (non-hydrogen) atoms. The minimum Gasteiger partial charge on any atom is -0.465 e. The predicted molar refractivity (Wildman–Crippen MR) is 62.8 cm³/mol. The maximum absolute atomic E-state index is 11.8. The van der Waals surface area contributed by atoms with Gasteiger partial charge in [0.2, 0.25) is 0 Å². The van der Waals surface area contributed by atoms with Gasteiger partial charge in [0.15, 0.2) is 0 Å². The minimum absolute atomic E-state index is 0.126. The fraction of sp³-hybridized carbons (Fsp3) is 0.833. The second kappa shape index (κ2) is 4.94. The third kappa shape index (κ3) is 3.91. The average molecular weight is 243 g/mol. The molecule has 2 atom stereocenters. The highest BCUT2D eigenvalue weighted by atomic mass is 16.6. The van der Waals surface area contributed by atoms with E-state index in [-0.39, 0.29) is 17.9 Å². The molecule has 0 aromatic heterocycles. The van der Waals surface area contributed by atoms with E-state index in [4.69, 9.17) is 9.84 Å². The number of carbonyl (C=O) groups is 2. The van der Waals surface area contributed by atoms with Crippen molar-refractivity contribution >= 4 is 12.1 Å². The second-order valence-corrected chi connectivity index (χ2v) is 5.58. The first kappa shape index (κ1) is 13.8. The van der Waals surface area contributed by atoms with Crippen LogP contribution in [-0.2, 0) is 9.53 Å². The molecule has 1 saturated heterocycles. The molecular formula is C12H21NO4. The zero-order valence-electron chi connectivity index (χ0n) is 10.9. The first-order valence-corrected chi connectivity index (χ1v) is 5.93. The van der Waals surface area contributed by atoms with Crippen molar-refractivity contribution in [1.82, 2.24) is 4.90 Å². The van der Waals surface area contributed by atoms with Crippen LogP contribution in [0.25, 0.3) is 0 Å². The molecular weight excluding hydrogens is 222 g/mol. The Morgan fingerprint density at radius 1 is 1.35 bits per heavy atom. The number of nitrogens with zero attached hydrogens (tertiary/aromatic N) is 1. The average Bonchev–Trinajstić information content (AvgIpc) is 2.14. The lowest BCUT2D eigenvalue weighted by molar-refractivity contribution is -0.162. The summed E-state index contributed by atoms with van der Waals surface area (Å²) in [5, 5.41) is 8.93. The van der Waals surface area contributed by atoms with Crippen molar-refractivity contribution < 1.29 is 19.4 Å². The SMILES string of the molecule is CC1CC(C(=O)OC(C)(C)C)CCN1C(=O)O. The van der Waals surface area contributed by atoms with Crippen molar-refractivity contribution in [2.75, 3.05) is 6.54 Å². The smallest absolute Gasteiger partial charge is 0.407 e. The van der Waals surface area contributed by atoms with Gasteiger partial charge in [-0.1, -0.05) is 0 Å². The highest BCUT2D eigenvalue weighted by Gasteiger charge is 2.34. The molecule has 0 aromatic rings. The number of esters is 1. The number of ether oxygens (including phenoxy) is 1. The van der Waals surface area contributed by atoms with Crippen LogP contribution in [0, 0.1) is 5.92 Å². The first-order valence-electron chi connectivity index (χ1n) is 5.93. The van der Waals surface area contributed by atoms with E-state index in [1.54, 1.807) is 0 Å². The molecule has 1 aliphatic rings. The largest absolute Gasteiger partial charge is 0.465 e. The molecule has 0 bridgehead atoms. The van der Waals surface area contributed by atoms with Crippen LogP contribution in [0.5, 0.6) is 0 Å². The van der Waals surface area contributed by atoms with Gasteiger partial charge in [-0.2, -0.15) is 0 Å². The molecule has 98 valence electrons. The van der Waals surface area contributed by atoms with E-state index in [0.717, 1.165) is 0 Å². The highest BCUT2D eigenvalue weighted by molar-refractivity contribution is 5.74. The third-order valence-electron chi connectivity index (χ3n) is 2.86. The van der Waals surface area contributed by atoms with Crippen molar-refractivity contribution in [1.29, 1.82) is 0 Å². The summed E-state index contributed by atoms with van der Waals surface area (Å²) in [6.45, 7) is 7.73. The number of likely N-dealkylation sites (tertiary alicyclic amines) is 1. The van der Waals surface area contributed by atoms with Crippen LogP contribution in [0.4, 0.5) is 4.79 Å². The van der Waals surface area contributed by atoms with Gasteiger partial charge in [-0.05, 0) is 40.5 Å². The lowest BCUT2D eigenvalue weighted by Crippen LogP contribution is -2.46. The fourth-order valence-electron chi connectivity index (χ4n) is 2.06. The summed E-state index contributed by atoms with van der Waals surface area (Å²) in [4.78, 5) is 24.1. The third-order valence-corrected chi connectivity index (χ3v) is 2.86. The van der Waals surface area contributed by atoms with Crippen molar-refractivity contribution in [3.63, 3.8) is 0 Å². The normalized spacial score (nSPS) is 25.5. The van der Waals surface area contributed by atoms with Crippen LogP contribution >= 0.6 is 0 Å². The van der Waals surface area contributed by atoms with Crippen molar-refractivity contribution in [2.24, 2.45) is 5.92 Å². The van der Waals surface area contributed by atoms with Gasteiger partial charge in [0.1, 0.15) is 5.60 Å². The molecule has 1 fully saturated rings. The fourth-order valence-corrected chi connectivity index (χ4v) is 2.06. The Morgan fingerprint density at radius 2 is 1.94 bits per heavy atom. The number of amides is 1. The molecule has 1 N–H and O–H groups in total. The maximum Gasteiger partial charge on any atom is 0.407 e. The number of rotatable bonds is 1. The molecule has 0 aliphatic carbocycles. The minimum atomic E-state index is -0.917. The van der Waals surface area contributed by atoms with E-state index in [1.165, 1.54) is 4.90 Å². The van der Waals surface area contributed by atoms with Crippen LogP contribution in [0.15, 0.2) is 0 Å². The molecule has 5 heteroatoms. The lowest BCUT2D eigenvalue weighted by Gasteiger charge is -2.35.